The van der Waals surface area contributed by atoms with Crippen LogP contribution in [-0.4, -0.2) is 19.1 Å². The van der Waals surface area contributed by atoms with Crippen LogP contribution in [-0.2, 0) is 4.79 Å². The van der Waals surface area contributed by atoms with E-state index in [2.05, 4.69) is 5.32 Å². The van der Waals surface area contributed by atoms with Gasteiger partial charge in [0, 0.05) is 24.6 Å². The lowest BCUT2D eigenvalue weighted by molar-refractivity contribution is -0.116. The van der Waals surface area contributed by atoms with E-state index in [1.807, 2.05) is 18.2 Å². The Hall–Kier alpha value is -1.71. The summed E-state index contributed by atoms with van der Waals surface area (Å²) in [5.41, 5.74) is 0.788. The van der Waals surface area contributed by atoms with Gasteiger partial charge in [-0.15, -0.1) is 0 Å². The summed E-state index contributed by atoms with van der Waals surface area (Å²) in [5.74, 6) is 2.33. The van der Waals surface area contributed by atoms with E-state index in [-0.39, 0.29) is 5.91 Å². The number of anilines is 1. The maximum atomic E-state index is 12.0. The lowest BCUT2D eigenvalue weighted by Gasteiger charge is -2.11. The summed E-state index contributed by atoms with van der Waals surface area (Å²) < 4.78 is 11.2. The van der Waals surface area contributed by atoms with Crippen LogP contribution in [0.4, 0.5) is 5.69 Å². The molecule has 1 aliphatic heterocycles. The predicted molar refractivity (Wildman–Crippen MR) is 81.9 cm³/mol. The highest BCUT2D eigenvalue weighted by Crippen LogP contribution is 2.32. The third kappa shape index (κ3) is 3.90. The molecule has 0 atom stereocenters. The molecule has 1 fully saturated rings. The molecule has 1 aromatic rings. The smallest absolute Gasteiger partial charge is 0.224 e. The molecule has 2 aliphatic rings. The summed E-state index contributed by atoms with van der Waals surface area (Å²) in [5, 5.41) is 2.96. The van der Waals surface area contributed by atoms with Gasteiger partial charge in [0.15, 0.2) is 11.5 Å². The molecule has 0 spiro atoms. The highest BCUT2D eigenvalue weighted by atomic mass is 16.5. The van der Waals surface area contributed by atoms with E-state index in [1.165, 1.54) is 25.7 Å². The minimum absolute atomic E-state index is 0.0939. The molecule has 0 aromatic heterocycles. The van der Waals surface area contributed by atoms with E-state index < -0.39 is 0 Å². The Balaban J connectivity index is 1.54. The third-order valence-electron chi connectivity index (χ3n) is 4.29. The molecule has 0 unspecified atom stereocenters. The second-order valence-electron chi connectivity index (χ2n) is 5.95. The van der Waals surface area contributed by atoms with Crippen LogP contribution in [0.15, 0.2) is 18.2 Å². The van der Waals surface area contributed by atoms with Crippen LogP contribution in [0.1, 0.15) is 44.9 Å². The molecule has 4 heteroatoms. The predicted octanol–water partition coefficient (Wildman–Crippen LogP) is 3.76. The Morgan fingerprint density at radius 3 is 2.67 bits per heavy atom. The van der Waals surface area contributed by atoms with Gasteiger partial charge in [-0.2, -0.15) is 0 Å². The van der Waals surface area contributed by atoms with Gasteiger partial charge >= 0.3 is 0 Å². The van der Waals surface area contributed by atoms with E-state index in [9.17, 15) is 4.79 Å². The van der Waals surface area contributed by atoms with Gasteiger partial charge in [-0.25, -0.2) is 0 Å². The van der Waals surface area contributed by atoms with Crippen LogP contribution in [0, 0.1) is 5.92 Å². The van der Waals surface area contributed by atoms with Gasteiger partial charge in [0.1, 0.15) is 0 Å². The molecule has 0 bridgehead atoms. The van der Waals surface area contributed by atoms with Crippen molar-refractivity contribution in [1.29, 1.82) is 0 Å². The maximum absolute atomic E-state index is 12.0. The molecule has 1 aromatic carbocycles. The van der Waals surface area contributed by atoms with Gasteiger partial charge in [-0.3, -0.25) is 4.79 Å². The summed E-state index contributed by atoms with van der Waals surface area (Å²) in [6.45, 7) is 1.34. The number of carbonyl (C=O) groups is 1. The van der Waals surface area contributed by atoms with Crippen molar-refractivity contribution in [3.63, 3.8) is 0 Å². The third-order valence-corrected chi connectivity index (χ3v) is 4.29. The standard InChI is InChI=1S/C17H23NO3/c19-17(9-6-13-4-1-2-5-13)18-14-7-8-15-16(12-14)21-11-3-10-20-15/h7-8,12-13H,1-6,9-11H2,(H,18,19). The number of amides is 1. The van der Waals surface area contributed by atoms with E-state index in [4.69, 9.17) is 9.47 Å². The number of carbonyl (C=O) groups excluding carboxylic acids is 1. The Labute approximate surface area is 125 Å². The lowest BCUT2D eigenvalue weighted by atomic mass is 10.0. The van der Waals surface area contributed by atoms with E-state index in [0.717, 1.165) is 35.9 Å². The lowest BCUT2D eigenvalue weighted by Crippen LogP contribution is -2.12. The van der Waals surface area contributed by atoms with Crippen molar-refractivity contribution in [2.75, 3.05) is 18.5 Å². The highest BCUT2D eigenvalue weighted by molar-refractivity contribution is 5.91. The number of ether oxygens (including phenoxy) is 2. The second-order valence-corrected chi connectivity index (χ2v) is 5.95. The topological polar surface area (TPSA) is 47.6 Å². The molecule has 1 heterocycles. The number of benzene rings is 1. The first-order chi connectivity index (χ1) is 10.3. The Kier molecular flexibility index (Phi) is 4.63. The second kappa shape index (κ2) is 6.83. The van der Waals surface area contributed by atoms with E-state index in [0.29, 0.717) is 19.6 Å². The molecular weight excluding hydrogens is 266 g/mol. The van der Waals surface area contributed by atoms with Gasteiger partial charge in [-0.05, 0) is 24.5 Å². The summed E-state index contributed by atoms with van der Waals surface area (Å²) >= 11 is 0. The molecular formula is C17H23NO3. The van der Waals surface area contributed by atoms with Gasteiger partial charge < -0.3 is 14.8 Å². The molecule has 0 saturated heterocycles. The minimum atomic E-state index is 0.0939. The summed E-state index contributed by atoms with van der Waals surface area (Å²) in [6, 6.07) is 5.60. The average Bonchev–Trinajstić information content (AvgIpc) is 2.90. The fourth-order valence-corrected chi connectivity index (χ4v) is 3.10. The van der Waals surface area contributed by atoms with Gasteiger partial charge in [-0.1, -0.05) is 25.7 Å². The molecule has 1 saturated carbocycles. The van der Waals surface area contributed by atoms with Crippen molar-refractivity contribution >= 4 is 11.6 Å². The van der Waals surface area contributed by atoms with Crippen molar-refractivity contribution in [3.05, 3.63) is 18.2 Å². The molecule has 0 radical (unpaired) electrons. The first kappa shape index (κ1) is 14.2. The molecule has 1 N–H and O–H groups in total. The molecule has 1 amide bonds. The van der Waals surface area contributed by atoms with Crippen LogP contribution in [0.5, 0.6) is 11.5 Å². The number of fused-ring (bicyclic) bond motifs is 1. The number of hydrogen-bond acceptors (Lipinski definition) is 3. The molecule has 1 aliphatic carbocycles. The zero-order chi connectivity index (χ0) is 14.5. The van der Waals surface area contributed by atoms with Gasteiger partial charge in [0.2, 0.25) is 5.91 Å². The van der Waals surface area contributed by atoms with Crippen molar-refractivity contribution < 1.29 is 14.3 Å². The summed E-state index contributed by atoms with van der Waals surface area (Å²) in [4.78, 5) is 12.0. The molecule has 21 heavy (non-hydrogen) atoms. The monoisotopic (exact) mass is 289 g/mol. The van der Waals surface area contributed by atoms with Gasteiger partial charge in [0.25, 0.3) is 0 Å². The van der Waals surface area contributed by atoms with E-state index in [1.54, 1.807) is 0 Å². The fourth-order valence-electron chi connectivity index (χ4n) is 3.10. The van der Waals surface area contributed by atoms with Crippen LogP contribution in [0.25, 0.3) is 0 Å². The van der Waals surface area contributed by atoms with Crippen LogP contribution >= 0.6 is 0 Å². The quantitative estimate of drug-likeness (QED) is 0.918. The zero-order valence-corrected chi connectivity index (χ0v) is 12.4. The van der Waals surface area contributed by atoms with Gasteiger partial charge in [0.05, 0.1) is 13.2 Å². The molecule has 4 nitrogen and oxygen atoms in total. The minimum Gasteiger partial charge on any atom is -0.490 e. The van der Waals surface area contributed by atoms with Crippen molar-refractivity contribution in [3.8, 4) is 11.5 Å². The Bertz CT molecular complexity index is 495. The Morgan fingerprint density at radius 2 is 1.86 bits per heavy atom. The summed E-state index contributed by atoms with van der Waals surface area (Å²) in [7, 11) is 0. The highest BCUT2D eigenvalue weighted by Gasteiger charge is 2.17. The first-order valence-corrected chi connectivity index (χ1v) is 8.01. The number of hydrogen-bond donors (Lipinski definition) is 1. The normalized spacial score (nSPS) is 18.3. The SMILES string of the molecule is O=C(CCC1CCCC1)Nc1ccc2c(c1)OCCCO2. The van der Waals surface area contributed by atoms with Crippen LogP contribution in [0.3, 0.4) is 0 Å². The first-order valence-electron chi connectivity index (χ1n) is 8.01. The van der Waals surface area contributed by atoms with E-state index >= 15 is 0 Å². The zero-order valence-electron chi connectivity index (χ0n) is 12.4. The fraction of sp³-hybridized carbons (Fsp3) is 0.588. The molecule has 114 valence electrons. The van der Waals surface area contributed by atoms with Crippen LogP contribution in [0.2, 0.25) is 0 Å². The Morgan fingerprint density at radius 1 is 1.10 bits per heavy atom. The summed E-state index contributed by atoms with van der Waals surface area (Å²) in [6.07, 6.45) is 7.74. The van der Waals surface area contributed by atoms with Crippen molar-refractivity contribution in [2.24, 2.45) is 5.92 Å². The number of rotatable bonds is 4. The number of nitrogens with one attached hydrogen (secondary N) is 1. The largest absolute Gasteiger partial charge is 0.490 e. The maximum Gasteiger partial charge on any atom is 0.224 e. The van der Waals surface area contributed by atoms with Crippen molar-refractivity contribution in [2.45, 2.75) is 44.9 Å². The van der Waals surface area contributed by atoms with Crippen LogP contribution < -0.4 is 14.8 Å². The van der Waals surface area contributed by atoms with Crippen molar-refractivity contribution in [1.82, 2.24) is 0 Å². The average molecular weight is 289 g/mol. The molecule has 3 rings (SSSR count).